The molecule has 0 radical (unpaired) electrons. The molecule has 0 amide bonds. The van der Waals surface area contributed by atoms with Crippen LogP contribution in [0, 0.1) is 13.8 Å². The van der Waals surface area contributed by atoms with Crippen molar-refractivity contribution < 1.29 is 14.6 Å². The molecule has 0 saturated heterocycles. The zero-order valence-electron chi connectivity index (χ0n) is 17.4. The Hall–Kier alpha value is -3.49. The predicted molar refractivity (Wildman–Crippen MR) is 117 cm³/mol. The first-order chi connectivity index (χ1) is 14.4. The monoisotopic (exact) mass is 409 g/mol. The van der Waals surface area contributed by atoms with Gasteiger partial charge in [0.2, 0.25) is 5.88 Å². The number of nitrogens with one attached hydrogen (secondary N) is 1. The minimum absolute atomic E-state index is 0.00508. The molecule has 1 atom stereocenters. The summed E-state index contributed by atoms with van der Waals surface area (Å²) < 4.78 is 11.0. The Morgan fingerprint density at radius 2 is 2.03 bits per heavy atom. The Balaban J connectivity index is 0.000000456. The van der Waals surface area contributed by atoms with Gasteiger partial charge in [0.1, 0.15) is 24.3 Å². The second-order valence-corrected chi connectivity index (χ2v) is 6.43. The maximum absolute atomic E-state index is 8.99. The second kappa shape index (κ2) is 11.5. The van der Waals surface area contributed by atoms with Gasteiger partial charge in [0.25, 0.3) is 0 Å². The molecule has 2 heterocycles. The summed E-state index contributed by atoms with van der Waals surface area (Å²) in [5.41, 5.74) is 9.28. The van der Waals surface area contributed by atoms with Gasteiger partial charge in [-0.25, -0.2) is 4.98 Å². The first-order valence-electron chi connectivity index (χ1n) is 9.31. The minimum Gasteiger partial charge on any atom is -0.488 e. The summed E-state index contributed by atoms with van der Waals surface area (Å²) in [4.78, 5) is 8.38. The van der Waals surface area contributed by atoms with Gasteiger partial charge in [-0.15, -0.1) is 0 Å². The van der Waals surface area contributed by atoms with Crippen LogP contribution in [-0.4, -0.2) is 38.8 Å². The average molecular weight is 409 g/mol. The molecular formula is C22H27N5O3. The number of aliphatic hydroxyl groups excluding tert-OH is 1. The molecule has 0 aliphatic heterocycles. The molecule has 2 aromatic heterocycles. The van der Waals surface area contributed by atoms with E-state index in [4.69, 9.17) is 20.3 Å². The maximum atomic E-state index is 8.99. The number of aryl methyl sites for hydroxylation is 2. The molecule has 1 aromatic carbocycles. The van der Waals surface area contributed by atoms with E-state index in [9.17, 15) is 0 Å². The number of benzene rings is 1. The topological polar surface area (TPSA) is 119 Å². The lowest BCUT2D eigenvalue weighted by Crippen LogP contribution is -2.26. The van der Waals surface area contributed by atoms with Gasteiger partial charge >= 0.3 is 0 Å². The molecule has 158 valence electrons. The molecule has 4 N–H and O–H groups in total. The van der Waals surface area contributed by atoms with E-state index in [-0.39, 0.29) is 6.61 Å². The zero-order valence-corrected chi connectivity index (χ0v) is 17.4. The quantitative estimate of drug-likeness (QED) is 0.406. The van der Waals surface area contributed by atoms with Crippen LogP contribution in [0.15, 0.2) is 66.6 Å². The third-order valence-corrected chi connectivity index (χ3v) is 3.88. The Labute approximate surface area is 176 Å². The van der Waals surface area contributed by atoms with Crippen molar-refractivity contribution in [2.75, 3.05) is 6.61 Å². The first-order valence-corrected chi connectivity index (χ1v) is 9.31. The maximum Gasteiger partial charge on any atom is 0.219 e. The van der Waals surface area contributed by atoms with Crippen molar-refractivity contribution in [3.8, 4) is 17.4 Å². The SMILES string of the molecule is C=CN=C(C)c1cc(Oc2ccc(OCC(N)O)cn2)ccc1C.Cc1ccn[nH]1. The number of hydrogen-bond donors (Lipinski definition) is 3. The smallest absolute Gasteiger partial charge is 0.219 e. The van der Waals surface area contributed by atoms with Crippen molar-refractivity contribution in [2.24, 2.45) is 10.7 Å². The van der Waals surface area contributed by atoms with Crippen LogP contribution < -0.4 is 15.2 Å². The van der Waals surface area contributed by atoms with Crippen LogP contribution in [-0.2, 0) is 0 Å². The van der Waals surface area contributed by atoms with Crippen LogP contribution in [0.3, 0.4) is 0 Å². The summed E-state index contributed by atoms with van der Waals surface area (Å²) in [6, 6.07) is 11.0. The van der Waals surface area contributed by atoms with Crippen LogP contribution in [0.4, 0.5) is 0 Å². The summed E-state index contributed by atoms with van der Waals surface area (Å²) in [7, 11) is 0. The number of nitrogens with zero attached hydrogens (tertiary/aromatic N) is 3. The Kier molecular flexibility index (Phi) is 8.74. The van der Waals surface area contributed by atoms with Crippen molar-refractivity contribution in [2.45, 2.75) is 27.0 Å². The fourth-order valence-electron chi connectivity index (χ4n) is 2.40. The van der Waals surface area contributed by atoms with Gasteiger partial charge < -0.3 is 20.3 Å². The molecule has 0 aliphatic carbocycles. The number of aliphatic hydroxyl groups is 1. The fraction of sp³-hybridized carbons (Fsp3) is 0.227. The van der Waals surface area contributed by atoms with Gasteiger partial charge in [-0.3, -0.25) is 10.1 Å². The molecule has 3 aromatic rings. The highest BCUT2D eigenvalue weighted by molar-refractivity contribution is 6.00. The molecule has 0 bridgehead atoms. The van der Waals surface area contributed by atoms with Gasteiger partial charge in [-0.2, -0.15) is 5.10 Å². The van der Waals surface area contributed by atoms with Crippen LogP contribution in [0.25, 0.3) is 0 Å². The molecule has 1 unspecified atom stereocenters. The number of H-pyrrole nitrogens is 1. The van der Waals surface area contributed by atoms with Gasteiger partial charge in [-0.1, -0.05) is 12.6 Å². The number of nitrogens with two attached hydrogens (primary N) is 1. The van der Waals surface area contributed by atoms with E-state index >= 15 is 0 Å². The number of aromatic nitrogens is 3. The second-order valence-electron chi connectivity index (χ2n) is 6.43. The number of rotatable bonds is 7. The summed E-state index contributed by atoms with van der Waals surface area (Å²) >= 11 is 0. The normalized spacial score (nSPS) is 11.8. The van der Waals surface area contributed by atoms with Gasteiger partial charge in [0, 0.05) is 35.4 Å². The van der Waals surface area contributed by atoms with Crippen molar-refractivity contribution in [3.05, 3.63) is 78.4 Å². The molecule has 0 aliphatic rings. The Morgan fingerprint density at radius 3 is 2.57 bits per heavy atom. The predicted octanol–water partition coefficient (Wildman–Crippen LogP) is 3.51. The lowest BCUT2D eigenvalue weighted by atomic mass is 10.0. The average Bonchev–Trinajstić information content (AvgIpc) is 3.20. The molecule has 0 fully saturated rings. The van der Waals surface area contributed by atoms with E-state index < -0.39 is 6.23 Å². The fourth-order valence-corrected chi connectivity index (χ4v) is 2.40. The van der Waals surface area contributed by atoms with E-state index in [0.717, 1.165) is 22.5 Å². The van der Waals surface area contributed by atoms with Crippen LogP contribution in [0.5, 0.6) is 17.4 Å². The molecular weight excluding hydrogens is 382 g/mol. The zero-order chi connectivity index (χ0) is 21.9. The van der Waals surface area contributed by atoms with E-state index in [1.807, 2.05) is 45.0 Å². The number of ether oxygens (including phenoxy) is 2. The van der Waals surface area contributed by atoms with Gasteiger partial charge in [0.05, 0.1) is 6.20 Å². The van der Waals surface area contributed by atoms with E-state index in [0.29, 0.717) is 17.4 Å². The molecule has 30 heavy (non-hydrogen) atoms. The van der Waals surface area contributed by atoms with Crippen LogP contribution >= 0.6 is 0 Å². The molecule has 8 nitrogen and oxygen atoms in total. The third-order valence-electron chi connectivity index (χ3n) is 3.88. The number of hydrogen-bond acceptors (Lipinski definition) is 7. The van der Waals surface area contributed by atoms with Crippen LogP contribution in [0.2, 0.25) is 0 Å². The molecule has 0 saturated carbocycles. The van der Waals surface area contributed by atoms with Crippen molar-refractivity contribution in [1.82, 2.24) is 15.2 Å². The summed E-state index contributed by atoms with van der Waals surface area (Å²) in [5, 5.41) is 15.4. The minimum atomic E-state index is -1.02. The Bertz CT molecular complexity index is 951. The molecule has 3 rings (SSSR count). The van der Waals surface area contributed by atoms with Crippen molar-refractivity contribution >= 4 is 5.71 Å². The van der Waals surface area contributed by atoms with Crippen LogP contribution in [0.1, 0.15) is 23.7 Å². The summed E-state index contributed by atoms with van der Waals surface area (Å²) in [6.07, 6.45) is 3.74. The highest BCUT2D eigenvalue weighted by Crippen LogP contribution is 2.24. The molecule has 0 spiro atoms. The number of aromatic amines is 1. The summed E-state index contributed by atoms with van der Waals surface area (Å²) in [6.45, 7) is 9.52. The standard InChI is InChI=1S/C18H21N3O3.C4H6N2/c1-4-20-13(3)16-9-14(6-5-12(16)2)24-18-8-7-15(10-21-18)23-11-17(19)22;1-4-2-3-5-6-4/h4-10,17,22H,1,11,19H2,2-3H3;2-3H,1H3,(H,5,6). The van der Waals surface area contributed by atoms with E-state index in [1.165, 1.54) is 12.4 Å². The first kappa shape index (κ1) is 22.8. The lowest BCUT2D eigenvalue weighted by Gasteiger charge is -2.11. The van der Waals surface area contributed by atoms with Gasteiger partial charge in [-0.05, 0) is 50.6 Å². The summed E-state index contributed by atoms with van der Waals surface area (Å²) in [5.74, 6) is 1.60. The third kappa shape index (κ3) is 7.50. The molecule has 8 heteroatoms. The highest BCUT2D eigenvalue weighted by atomic mass is 16.5. The Morgan fingerprint density at radius 1 is 1.27 bits per heavy atom. The van der Waals surface area contributed by atoms with E-state index in [1.54, 1.807) is 18.3 Å². The van der Waals surface area contributed by atoms with E-state index in [2.05, 4.69) is 26.8 Å². The number of aliphatic imine (C=N–C) groups is 1. The largest absolute Gasteiger partial charge is 0.488 e. The van der Waals surface area contributed by atoms with Crippen molar-refractivity contribution in [1.29, 1.82) is 0 Å². The van der Waals surface area contributed by atoms with Gasteiger partial charge in [0.15, 0.2) is 0 Å². The highest BCUT2D eigenvalue weighted by Gasteiger charge is 2.06. The number of pyridine rings is 1. The lowest BCUT2D eigenvalue weighted by molar-refractivity contribution is 0.113. The van der Waals surface area contributed by atoms with Crippen molar-refractivity contribution in [3.63, 3.8) is 0 Å².